The van der Waals surface area contributed by atoms with Crippen molar-refractivity contribution in [2.75, 3.05) is 14.2 Å². The SMILES string of the molecule is COC1CC(OC)C2C(=O)[C@@]3(OC2C1Cl)C(=O)C1CC(C=O)NC1C[C@H]3C. The summed E-state index contributed by atoms with van der Waals surface area (Å²) < 4.78 is 17.3. The molecule has 0 amide bonds. The van der Waals surface area contributed by atoms with Gasteiger partial charge in [-0.05, 0) is 12.8 Å². The molecule has 0 aromatic rings. The summed E-state index contributed by atoms with van der Waals surface area (Å²) in [7, 11) is 3.13. The van der Waals surface area contributed by atoms with Crippen LogP contribution < -0.4 is 5.32 Å². The quantitative estimate of drug-likeness (QED) is 0.420. The summed E-state index contributed by atoms with van der Waals surface area (Å²) in [5.41, 5.74) is -1.50. The Labute approximate surface area is 163 Å². The summed E-state index contributed by atoms with van der Waals surface area (Å²) in [6, 6.07) is -0.445. The van der Waals surface area contributed by atoms with Crippen LogP contribution in [0.15, 0.2) is 0 Å². The van der Waals surface area contributed by atoms with Gasteiger partial charge in [-0.15, -0.1) is 11.6 Å². The van der Waals surface area contributed by atoms with Crippen LogP contribution in [-0.4, -0.2) is 73.4 Å². The lowest BCUT2D eigenvalue weighted by atomic mass is 9.64. The summed E-state index contributed by atoms with van der Waals surface area (Å²) in [5.74, 6) is -1.71. The third kappa shape index (κ3) is 2.59. The molecule has 2 heterocycles. The molecule has 0 bridgehead atoms. The fraction of sp³-hybridized carbons (Fsp3) is 0.842. The van der Waals surface area contributed by atoms with Crippen molar-refractivity contribution in [3.05, 3.63) is 0 Å². The molecule has 0 radical (unpaired) electrons. The highest BCUT2D eigenvalue weighted by atomic mass is 35.5. The number of nitrogens with one attached hydrogen (secondary N) is 1. The average Bonchev–Trinajstić information content (AvgIpc) is 3.21. The lowest BCUT2D eigenvalue weighted by Crippen LogP contribution is -2.60. The number of ketones is 2. The topological polar surface area (TPSA) is 90.9 Å². The minimum atomic E-state index is -1.50. The third-order valence-electron chi connectivity index (χ3n) is 7.07. The highest BCUT2D eigenvalue weighted by Crippen LogP contribution is 2.52. The van der Waals surface area contributed by atoms with Crippen LogP contribution in [0.4, 0.5) is 0 Å². The van der Waals surface area contributed by atoms with E-state index < -0.39 is 35.0 Å². The molecule has 0 aromatic heterocycles. The number of Topliss-reactive ketones (excluding diaryl/α,β-unsaturated/α-hetero) is 2. The number of carbonyl (C=O) groups is 3. The predicted octanol–water partition coefficient (Wildman–Crippen LogP) is 0.505. The fourth-order valence-electron chi connectivity index (χ4n) is 5.69. The van der Waals surface area contributed by atoms with Gasteiger partial charge >= 0.3 is 0 Å². The Morgan fingerprint density at radius 1 is 1.15 bits per heavy atom. The maximum Gasteiger partial charge on any atom is 0.188 e. The Kier molecular flexibility index (Phi) is 4.96. The van der Waals surface area contributed by atoms with Crippen LogP contribution >= 0.6 is 11.6 Å². The molecular formula is C19H26ClNO6. The first-order valence-electron chi connectivity index (χ1n) is 9.56. The minimum Gasteiger partial charge on any atom is -0.380 e. The van der Waals surface area contributed by atoms with Gasteiger partial charge in [-0.25, -0.2) is 0 Å². The molecule has 1 spiro atoms. The van der Waals surface area contributed by atoms with Gasteiger partial charge in [-0.1, -0.05) is 6.92 Å². The number of hydrogen-bond acceptors (Lipinski definition) is 7. The van der Waals surface area contributed by atoms with Crippen molar-refractivity contribution in [2.24, 2.45) is 17.8 Å². The molecule has 8 unspecified atom stereocenters. The van der Waals surface area contributed by atoms with E-state index in [0.717, 1.165) is 6.29 Å². The van der Waals surface area contributed by atoms with Crippen LogP contribution in [0.2, 0.25) is 0 Å². The van der Waals surface area contributed by atoms with Crippen LogP contribution in [0, 0.1) is 17.8 Å². The highest BCUT2D eigenvalue weighted by Gasteiger charge is 2.70. The van der Waals surface area contributed by atoms with E-state index in [1.165, 1.54) is 0 Å². The predicted molar refractivity (Wildman–Crippen MR) is 95.6 cm³/mol. The average molecular weight is 400 g/mol. The smallest absolute Gasteiger partial charge is 0.188 e. The monoisotopic (exact) mass is 399 g/mol. The molecule has 2 saturated heterocycles. The fourth-order valence-corrected chi connectivity index (χ4v) is 6.10. The molecule has 0 aromatic carbocycles. The standard InChI is InChI=1S/C19H26ClNO6/c1-8-4-11-10(5-9(7-22)21-11)17(23)19(8)18(24)14-12(25-2)6-13(26-3)15(20)16(14)27-19/h7-16,21H,4-6H2,1-3H3/t8-,9?,10?,11?,12?,13?,14?,15?,16?,19+/m1/s1. The van der Waals surface area contributed by atoms with E-state index in [9.17, 15) is 14.4 Å². The van der Waals surface area contributed by atoms with Crippen molar-refractivity contribution in [2.45, 2.75) is 67.6 Å². The first-order chi connectivity index (χ1) is 12.9. The number of rotatable bonds is 3. The second kappa shape index (κ2) is 6.88. The van der Waals surface area contributed by atoms with Gasteiger partial charge in [0.15, 0.2) is 17.2 Å². The summed E-state index contributed by atoms with van der Waals surface area (Å²) in [5, 5.41) is 2.68. The van der Waals surface area contributed by atoms with Crippen molar-refractivity contribution >= 4 is 29.5 Å². The largest absolute Gasteiger partial charge is 0.380 e. The first-order valence-corrected chi connectivity index (χ1v) is 10.00. The second-order valence-corrected chi connectivity index (χ2v) is 8.80. The van der Waals surface area contributed by atoms with Crippen LogP contribution in [0.5, 0.6) is 0 Å². The van der Waals surface area contributed by atoms with E-state index in [-0.39, 0.29) is 35.7 Å². The zero-order valence-electron chi connectivity index (χ0n) is 15.7. The van der Waals surface area contributed by atoms with Gasteiger partial charge in [-0.2, -0.15) is 0 Å². The molecule has 4 aliphatic rings. The van der Waals surface area contributed by atoms with Crippen LogP contribution in [-0.2, 0) is 28.6 Å². The van der Waals surface area contributed by atoms with Crippen molar-refractivity contribution in [3.63, 3.8) is 0 Å². The molecule has 7 nitrogen and oxygen atoms in total. The van der Waals surface area contributed by atoms with Gasteiger partial charge in [0, 0.05) is 38.5 Å². The van der Waals surface area contributed by atoms with E-state index >= 15 is 0 Å². The molecule has 150 valence electrons. The van der Waals surface area contributed by atoms with E-state index in [0.29, 0.717) is 19.3 Å². The summed E-state index contributed by atoms with van der Waals surface area (Å²) in [6.07, 6.45) is 0.993. The van der Waals surface area contributed by atoms with Crippen LogP contribution in [0.25, 0.3) is 0 Å². The Hall–Kier alpha value is -0.860. The Bertz CT molecular complexity index is 658. The molecule has 27 heavy (non-hydrogen) atoms. The number of carbonyl (C=O) groups excluding carboxylic acids is 3. The van der Waals surface area contributed by atoms with Gasteiger partial charge in [0.25, 0.3) is 0 Å². The highest BCUT2D eigenvalue weighted by molar-refractivity contribution is 6.23. The first kappa shape index (κ1) is 19.5. The number of halogens is 1. The zero-order chi connectivity index (χ0) is 19.5. The summed E-state index contributed by atoms with van der Waals surface area (Å²) in [4.78, 5) is 38.3. The molecule has 2 saturated carbocycles. The van der Waals surface area contributed by atoms with Gasteiger partial charge in [-0.3, -0.25) is 9.59 Å². The van der Waals surface area contributed by atoms with Gasteiger partial charge in [0.1, 0.15) is 6.29 Å². The van der Waals surface area contributed by atoms with Gasteiger partial charge in [0.2, 0.25) is 0 Å². The number of hydrogen-bond donors (Lipinski definition) is 1. The minimum absolute atomic E-state index is 0.0934. The van der Waals surface area contributed by atoms with Gasteiger partial charge in [0.05, 0.1) is 35.6 Å². The van der Waals surface area contributed by atoms with E-state index in [1.54, 1.807) is 14.2 Å². The zero-order valence-corrected chi connectivity index (χ0v) is 16.5. The third-order valence-corrected chi connectivity index (χ3v) is 7.60. The van der Waals surface area contributed by atoms with Crippen molar-refractivity contribution in [1.82, 2.24) is 5.32 Å². The Morgan fingerprint density at radius 3 is 2.48 bits per heavy atom. The summed E-state index contributed by atoms with van der Waals surface area (Å²) >= 11 is 6.60. The van der Waals surface area contributed by atoms with Crippen molar-refractivity contribution < 1.29 is 28.6 Å². The van der Waals surface area contributed by atoms with E-state index in [2.05, 4.69) is 5.32 Å². The molecule has 10 atom stereocenters. The number of aldehydes is 1. The maximum absolute atomic E-state index is 13.6. The van der Waals surface area contributed by atoms with Crippen molar-refractivity contribution in [1.29, 1.82) is 0 Å². The lowest BCUT2D eigenvalue weighted by Gasteiger charge is -2.42. The van der Waals surface area contributed by atoms with E-state index in [1.807, 2.05) is 6.92 Å². The second-order valence-electron chi connectivity index (χ2n) is 8.30. The number of fused-ring (bicyclic) bond motifs is 2. The molecule has 2 aliphatic heterocycles. The van der Waals surface area contributed by atoms with E-state index in [4.69, 9.17) is 25.8 Å². The van der Waals surface area contributed by atoms with Crippen molar-refractivity contribution in [3.8, 4) is 0 Å². The Balaban J connectivity index is 1.70. The molecule has 4 fully saturated rings. The van der Waals surface area contributed by atoms with Crippen LogP contribution in [0.1, 0.15) is 26.2 Å². The maximum atomic E-state index is 13.6. The van der Waals surface area contributed by atoms with Crippen LogP contribution in [0.3, 0.4) is 0 Å². The molecule has 1 N–H and O–H groups in total. The number of methoxy groups -OCH3 is 2. The lowest BCUT2D eigenvalue weighted by molar-refractivity contribution is -0.169. The molecule has 8 heteroatoms. The molecule has 4 rings (SSSR count). The number of ether oxygens (including phenoxy) is 3. The molecule has 2 aliphatic carbocycles. The number of alkyl halides is 1. The van der Waals surface area contributed by atoms with Gasteiger partial charge < -0.3 is 24.3 Å². The summed E-state index contributed by atoms with van der Waals surface area (Å²) in [6.45, 7) is 1.87. The normalized spacial score (nSPS) is 52.1. The molecular weight excluding hydrogens is 374 g/mol. The Morgan fingerprint density at radius 2 is 1.85 bits per heavy atom.